The summed E-state index contributed by atoms with van der Waals surface area (Å²) in [5.41, 5.74) is 6.20. The van der Waals surface area contributed by atoms with Crippen molar-refractivity contribution in [1.82, 2.24) is 9.71 Å². The zero-order chi connectivity index (χ0) is 13.9. The van der Waals surface area contributed by atoms with E-state index in [0.717, 1.165) is 9.75 Å². The summed E-state index contributed by atoms with van der Waals surface area (Å²) in [5.74, 6) is 0. The number of hydrogen-bond acceptors (Lipinski definition) is 5. The fourth-order valence-corrected chi connectivity index (χ4v) is 4.15. The van der Waals surface area contributed by atoms with Gasteiger partial charge in [0.25, 0.3) is 0 Å². The molecule has 0 aliphatic rings. The van der Waals surface area contributed by atoms with Crippen molar-refractivity contribution < 1.29 is 8.42 Å². The van der Waals surface area contributed by atoms with Crippen molar-refractivity contribution in [3.05, 3.63) is 45.9 Å². The van der Waals surface area contributed by atoms with Crippen LogP contribution in [0, 0.1) is 6.92 Å². The van der Waals surface area contributed by atoms with E-state index in [1.165, 1.54) is 11.3 Å². The summed E-state index contributed by atoms with van der Waals surface area (Å²) in [6, 6.07) is 7.00. The number of nitrogens with two attached hydrogens (primary N) is 1. The van der Waals surface area contributed by atoms with Crippen molar-refractivity contribution in [2.75, 3.05) is 0 Å². The first kappa shape index (κ1) is 14.1. The number of nitrogens with zero attached hydrogens (tertiary/aromatic N) is 1. The van der Waals surface area contributed by atoms with Gasteiger partial charge in [-0.2, -0.15) is 0 Å². The van der Waals surface area contributed by atoms with Crippen LogP contribution < -0.4 is 10.5 Å². The lowest BCUT2D eigenvalue weighted by molar-refractivity contribution is 0.580. The molecule has 2 heterocycles. The van der Waals surface area contributed by atoms with Gasteiger partial charge in [-0.05, 0) is 25.1 Å². The number of nitrogens with one attached hydrogen (secondary N) is 1. The second-order valence-corrected chi connectivity index (χ2v) is 7.06. The molecule has 0 unspecified atom stereocenters. The van der Waals surface area contributed by atoms with Gasteiger partial charge in [0.2, 0.25) is 10.0 Å². The molecule has 7 heteroatoms. The topological polar surface area (TPSA) is 85.1 Å². The summed E-state index contributed by atoms with van der Waals surface area (Å²) in [6.07, 6.45) is 1.63. The van der Waals surface area contributed by atoms with E-state index in [1.807, 2.05) is 6.07 Å². The van der Waals surface area contributed by atoms with E-state index in [0.29, 0.717) is 17.1 Å². The third-order valence-electron chi connectivity index (χ3n) is 2.58. The fourth-order valence-electron chi connectivity index (χ4n) is 1.64. The van der Waals surface area contributed by atoms with Crippen molar-refractivity contribution >= 4 is 21.4 Å². The van der Waals surface area contributed by atoms with Crippen LogP contribution in [0.3, 0.4) is 0 Å². The summed E-state index contributed by atoms with van der Waals surface area (Å²) in [4.78, 5) is 5.98. The largest absolute Gasteiger partial charge is 0.326 e. The minimum absolute atomic E-state index is 0.177. The summed E-state index contributed by atoms with van der Waals surface area (Å²) in [5, 5.41) is 0. The van der Waals surface area contributed by atoms with Gasteiger partial charge in [0, 0.05) is 22.5 Å². The molecule has 2 aromatic heterocycles. The lowest BCUT2D eigenvalue weighted by atomic mass is 10.4. The van der Waals surface area contributed by atoms with Gasteiger partial charge in [0.15, 0.2) is 0 Å². The van der Waals surface area contributed by atoms with Crippen LogP contribution in [0.2, 0.25) is 0 Å². The third-order valence-corrected chi connectivity index (χ3v) is 5.31. The van der Waals surface area contributed by atoms with Crippen molar-refractivity contribution in [2.24, 2.45) is 5.73 Å². The Hall–Kier alpha value is -1.28. The minimum Gasteiger partial charge on any atom is -0.326 e. The van der Waals surface area contributed by atoms with E-state index in [-0.39, 0.29) is 6.54 Å². The number of rotatable bonds is 5. The Bertz CT molecular complexity index is 651. The first-order chi connectivity index (χ1) is 9.03. The highest BCUT2D eigenvalue weighted by atomic mass is 32.2. The Labute approximate surface area is 116 Å². The standard InChI is InChI=1S/C12H15N3O2S2/c1-9-12(6-11(7-13)18-9)19(16,17)15-8-10-4-2-3-5-14-10/h2-6,15H,7-8,13H2,1H3. The maximum atomic E-state index is 12.2. The van der Waals surface area contributed by atoms with Gasteiger partial charge >= 0.3 is 0 Å². The van der Waals surface area contributed by atoms with Gasteiger partial charge < -0.3 is 5.73 Å². The Morgan fingerprint density at radius 3 is 2.79 bits per heavy atom. The lowest BCUT2D eigenvalue weighted by Crippen LogP contribution is -2.23. The SMILES string of the molecule is Cc1sc(CN)cc1S(=O)(=O)NCc1ccccn1. The van der Waals surface area contributed by atoms with Gasteiger partial charge in [-0.25, -0.2) is 13.1 Å². The van der Waals surface area contributed by atoms with Gasteiger partial charge in [-0.1, -0.05) is 6.07 Å². The van der Waals surface area contributed by atoms with E-state index in [9.17, 15) is 8.42 Å². The number of sulfonamides is 1. The molecule has 2 rings (SSSR count). The van der Waals surface area contributed by atoms with Crippen LogP contribution in [-0.2, 0) is 23.1 Å². The highest BCUT2D eigenvalue weighted by molar-refractivity contribution is 7.89. The van der Waals surface area contributed by atoms with Crippen LogP contribution in [0.15, 0.2) is 35.4 Å². The monoisotopic (exact) mass is 297 g/mol. The molecule has 0 saturated carbocycles. The molecule has 0 amide bonds. The number of aromatic nitrogens is 1. The van der Waals surface area contributed by atoms with Crippen molar-refractivity contribution in [3.63, 3.8) is 0 Å². The van der Waals surface area contributed by atoms with Crippen LogP contribution in [0.25, 0.3) is 0 Å². The number of thiophene rings is 1. The van der Waals surface area contributed by atoms with Crippen molar-refractivity contribution in [3.8, 4) is 0 Å². The minimum atomic E-state index is -3.51. The second kappa shape index (κ2) is 5.79. The fraction of sp³-hybridized carbons (Fsp3) is 0.250. The Balaban J connectivity index is 2.16. The predicted octanol–water partition coefficient (Wildman–Crippen LogP) is 1.39. The highest BCUT2D eigenvalue weighted by Gasteiger charge is 2.19. The van der Waals surface area contributed by atoms with Gasteiger partial charge in [0.1, 0.15) is 0 Å². The normalized spacial score (nSPS) is 11.7. The maximum absolute atomic E-state index is 12.2. The van der Waals surface area contributed by atoms with E-state index >= 15 is 0 Å². The molecule has 0 radical (unpaired) electrons. The summed E-state index contributed by atoms with van der Waals surface area (Å²) in [7, 11) is -3.51. The molecule has 3 N–H and O–H groups in total. The molecule has 0 saturated heterocycles. The van der Waals surface area contributed by atoms with E-state index in [4.69, 9.17) is 5.73 Å². The molecule has 19 heavy (non-hydrogen) atoms. The molecule has 0 bridgehead atoms. The van der Waals surface area contributed by atoms with Gasteiger partial charge in [-0.15, -0.1) is 11.3 Å². The maximum Gasteiger partial charge on any atom is 0.242 e. The smallest absolute Gasteiger partial charge is 0.242 e. The molecule has 0 aliphatic heterocycles. The Morgan fingerprint density at radius 2 is 2.21 bits per heavy atom. The third kappa shape index (κ3) is 3.38. The molecule has 0 aliphatic carbocycles. The molecule has 0 spiro atoms. The van der Waals surface area contributed by atoms with Crippen LogP contribution in [-0.4, -0.2) is 13.4 Å². The van der Waals surface area contributed by atoms with Crippen LogP contribution in [0.4, 0.5) is 0 Å². The van der Waals surface area contributed by atoms with E-state index in [1.54, 1.807) is 31.3 Å². The molecule has 0 aromatic carbocycles. The Morgan fingerprint density at radius 1 is 1.42 bits per heavy atom. The van der Waals surface area contributed by atoms with Crippen molar-refractivity contribution in [2.45, 2.75) is 24.9 Å². The molecule has 2 aromatic rings. The number of pyridine rings is 1. The zero-order valence-electron chi connectivity index (χ0n) is 10.5. The zero-order valence-corrected chi connectivity index (χ0v) is 12.1. The molecule has 102 valence electrons. The Kier molecular flexibility index (Phi) is 4.31. The molecule has 0 fully saturated rings. The highest BCUT2D eigenvalue weighted by Crippen LogP contribution is 2.25. The van der Waals surface area contributed by atoms with Gasteiger partial charge in [0.05, 0.1) is 17.1 Å². The van der Waals surface area contributed by atoms with Crippen LogP contribution in [0.1, 0.15) is 15.4 Å². The molecular formula is C12H15N3O2S2. The summed E-state index contributed by atoms with van der Waals surface area (Å²) < 4.78 is 26.9. The van der Waals surface area contributed by atoms with E-state index < -0.39 is 10.0 Å². The second-order valence-electron chi connectivity index (χ2n) is 3.98. The average molecular weight is 297 g/mol. The van der Waals surface area contributed by atoms with Gasteiger partial charge in [-0.3, -0.25) is 4.98 Å². The molecule has 5 nitrogen and oxygen atoms in total. The van der Waals surface area contributed by atoms with Crippen LogP contribution >= 0.6 is 11.3 Å². The predicted molar refractivity (Wildman–Crippen MR) is 75.2 cm³/mol. The summed E-state index contributed by atoms with van der Waals surface area (Å²) in [6.45, 7) is 2.30. The lowest BCUT2D eigenvalue weighted by Gasteiger charge is -2.05. The van der Waals surface area contributed by atoms with E-state index in [2.05, 4.69) is 9.71 Å². The number of aryl methyl sites for hydroxylation is 1. The molecular weight excluding hydrogens is 282 g/mol. The first-order valence-corrected chi connectivity index (χ1v) is 8.02. The molecule has 0 atom stereocenters. The average Bonchev–Trinajstić information content (AvgIpc) is 2.80. The number of hydrogen-bond donors (Lipinski definition) is 2. The van der Waals surface area contributed by atoms with Crippen LogP contribution in [0.5, 0.6) is 0 Å². The first-order valence-electron chi connectivity index (χ1n) is 5.72. The quantitative estimate of drug-likeness (QED) is 0.873. The summed E-state index contributed by atoms with van der Waals surface area (Å²) >= 11 is 1.40. The van der Waals surface area contributed by atoms with Crippen molar-refractivity contribution in [1.29, 1.82) is 0 Å².